The van der Waals surface area contributed by atoms with Crippen LogP contribution in [0.3, 0.4) is 0 Å². The lowest BCUT2D eigenvalue weighted by Gasteiger charge is -2.08. The smallest absolute Gasteiger partial charge is 0.191 e. The van der Waals surface area contributed by atoms with Gasteiger partial charge < -0.3 is 19.7 Å². The molecule has 7 nitrogen and oxygen atoms in total. The second-order valence-electron chi connectivity index (χ2n) is 6.02. The Morgan fingerprint density at radius 3 is 1.67 bits per heavy atom. The molecule has 0 radical (unpaired) electrons. The van der Waals surface area contributed by atoms with Crippen molar-refractivity contribution in [2.75, 3.05) is 7.05 Å². The number of rotatable bonds is 6. The van der Waals surface area contributed by atoms with Crippen LogP contribution in [-0.4, -0.2) is 23.3 Å². The maximum absolute atomic E-state index is 5.29. The molecule has 0 atom stereocenters. The predicted octanol–water partition coefficient (Wildman–Crippen LogP) is 3.39. The first kappa shape index (κ1) is 20.5. The molecular weight excluding hydrogens is 421 g/mol. The summed E-state index contributed by atoms with van der Waals surface area (Å²) >= 11 is 0. The van der Waals surface area contributed by atoms with E-state index in [0.717, 1.165) is 22.9 Å². The molecule has 0 amide bonds. The van der Waals surface area contributed by atoms with Crippen molar-refractivity contribution in [3.05, 3.63) is 35.0 Å². The zero-order valence-corrected chi connectivity index (χ0v) is 17.1. The van der Waals surface area contributed by atoms with Gasteiger partial charge in [-0.05, 0) is 11.8 Å². The second kappa shape index (κ2) is 9.65. The molecular formula is C16H26IN5O2. The number of halogens is 1. The van der Waals surface area contributed by atoms with Crippen LogP contribution in [0.5, 0.6) is 0 Å². The lowest BCUT2D eigenvalue weighted by molar-refractivity contribution is 0.368. The van der Waals surface area contributed by atoms with E-state index in [1.54, 1.807) is 7.05 Å². The molecule has 8 heteroatoms. The Bertz CT molecular complexity index is 596. The molecule has 0 fully saturated rings. The average Bonchev–Trinajstić information content (AvgIpc) is 3.16. The van der Waals surface area contributed by atoms with Crippen LogP contribution in [0, 0.1) is 0 Å². The van der Waals surface area contributed by atoms with Crippen molar-refractivity contribution in [2.24, 2.45) is 4.99 Å². The third-order valence-corrected chi connectivity index (χ3v) is 3.42. The van der Waals surface area contributed by atoms with Gasteiger partial charge in [-0.25, -0.2) is 0 Å². The summed E-state index contributed by atoms with van der Waals surface area (Å²) in [4.78, 5) is 4.17. The third kappa shape index (κ3) is 5.81. The van der Waals surface area contributed by atoms with Gasteiger partial charge in [-0.3, -0.25) is 4.99 Å². The monoisotopic (exact) mass is 447 g/mol. The van der Waals surface area contributed by atoms with Gasteiger partial charge in [-0.1, -0.05) is 38.0 Å². The summed E-state index contributed by atoms with van der Waals surface area (Å²) in [5.74, 6) is 2.92. The summed E-state index contributed by atoms with van der Waals surface area (Å²) in [5.41, 5.74) is 1.90. The van der Waals surface area contributed by atoms with Crippen molar-refractivity contribution in [3.63, 3.8) is 0 Å². The fourth-order valence-corrected chi connectivity index (χ4v) is 1.93. The minimum Gasteiger partial charge on any atom is -0.359 e. The van der Waals surface area contributed by atoms with E-state index in [4.69, 9.17) is 9.05 Å². The molecule has 0 aliphatic carbocycles. The first-order chi connectivity index (χ1) is 11.0. The van der Waals surface area contributed by atoms with Gasteiger partial charge in [0.15, 0.2) is 17.5 Å². The Balaban J connectivity index is 0.00000288. The summed E-state index contributed by atoms with van der Waals surface area (Å²) in [6.07, 6.45) is 0. The lowest BCUT2D eigenvalue weighted by Crippen LogP contribution is -2.36. The normalized spacial score (nSPS) is 10.6. The Morgan fingerprint density at radius 2 is 1.38 bits per heavy atom. The highest BCUT2D eigenvalue weighted by Crippen LogP contribution is 2.14. The Labute approximate surface area is 159 Å². The van der Waals surface area contributed by atoms with Crippen LogP contribution in [0.2, 0.25) is 0 Å². The highest BCUT2D eigenvalue weighted by Gasteiger charge is 2.10. The van der Waals surface area contributed by atoms with Crippen molar-refractivity contribution >= 4 is 29.9 Å². The van der Waals surface area contributed by atoms with Crippen LogP contribution in [-0.2, 0) is 13.1 Å². The molecule has 0 saturated carbocycles. The molecule has 2 rings (SSSR count). The molecule has 0 saturated heterocycles. The summed E-state index contributed by atoms with van der Waals surface area (Å²) < 4.78 is 10.6. The largest absolute Gasteiger partial charge is 0.359 e. The summed E-state index contributed by atoms with van der Waals surface area (Å²) in [7, 11) is 1.72. The second-order valence-corrected chi connectivity index (χ2v) is 6.02. The number of aromatic nitrogens is 2. The summed E-state index contributed by atoms with van der Waals surface area (Å²) in [5, 5.41) is 14.4. The highest BCUT2D eigenvalue weighted by molar-refractivity contribution is 14.0. The van der Waals surface area contributed by atoms with Crippen molar-refractivity contribution in [1.29, 1.82) is 0 Å². The number of hydrogen-bond acceptors (Lipinski definition) is 5. The van der Waals surface area contributed by atoms with Crippen LogP contribution in [0.15, 0.2) is 26.2 Å². The zero-order chi connectivity index (χ0) is 16.8. The minimum atomic E-state index is 0. The fourth-order valence-electron chi connectivity index (χ4n) is 1.93. The molecule has 134 valence electrons. The van der Waals surface area contributed by atoms with Crippen molar-refractivity contribution in [3.8, 4) is 0 Å². The summed E-state index contributed by atoms with van der Waals surface area (Å²) in [6.45, 7) is 9.37. The van der Waals surface area contributed by atoms with Gasteiger partial charge in [0.05, 0.1) is 24.5 Å². The molecule has 0 aromatic carbocycles. The van der Waals surface area contributed by atoms with Gasteiger partial charge >= 0.3 is 0 Å². The molecule has 0 unspecified atom stereocenters. The van der Waals surface area contributed by atoms with Crippen LogP contribution in [0.25, 0.3) is 0 Å². The van der Waals surface area contributed by atoms with Crippen LogP contribution in [0.4, 0.5) is 0 Å². The van der Waals surface area contributed by atoms with Crippen molar-refractivity contribution in [2.45, 2.75) is 52.6 Å². The van der Waals surface area contributed by atoms with Gasteiger partial charge in [0.25, 0.3) is 0 Å². The Hall–Kier alpha value is -1.58. The topological polar surface area (TPSA) is 88.5 Å². The Morgan fingerprint density at radius 1 is 0.958 bits per heavy atom. The molecule has 2 N–H and O–H groups in total. The number of hydrogen-bond donors (Lipinski definition) is 2. The van der Waals surface area contributed by atoms with E-state index < -0.39 is 0 Å². The Kier molecular flexibility index (Phi) is 8.23. The van der Waals surface area contributed by atoms with E-state index in [9.17, 15) is 0 Å². The zero-order valence-electron chi connectivity index (χ0n) is 14.8. The van der Waals surface area contributed by atoms with Crippen molar-refractivity contribution < 1.29 is 9.05 Å². The molecule has 2 aromatic rings. The van der Waals surface area contributed by atoms with Gasteiger partial charge in [-0.2, -0.15) is 0 Å². The van der Waals surface area contributed by atoms with E-state index >= 15 is 0 Å². The number of aliphatic imine (C=N–C) groups is 1. The van der Waals surface area contributed by atoms with Crippen LogP contribution >= 0.6 is 24.0 Å². The minimum absolute atomic E-state index is 0. The standard InChI is InChI=1S/C16H25N5O2.HI/c1-10(2)14-6-12(22-20-14)8-18-16(17-5)19-9-13-7-15(11(3)4)21-23-13;/h6-7,10-11H,8-9H2,1-5H3,(H2,17,18,19);1H. The van der Waals surface area contributed by atoms with Gasteiger partial charge in [-0.15, -0.1) is 24.0 Å². The maximum Gasteiger partial charge on any atom is 0.191 e. The molecule has 0 bridgehead atoms. The maximum atomic E-state index is 5.29. The molecule has 0 spiro atoms. The average molecular weight is 447 g/mol. The molecule has 2 aromatic heterocycles. The molecule has 0 aliphatic rings. The number of nitrogens with zero attached hydrogens (tertiary/aromatic N) is 3. The van der Waals surface area contributed by atoms with E-state index in [2.05, 4.69) is 53.6 Å². The number of nitrogens with one attached hydrogen (secondary N) is 2. The van der Waals surface area contributed by atoms with E-state index in [1.165, 1.54) is 0 Å². The molecule has 24 heavy (non-hydrogen) atoms. The van der Waals surface area contributed by atoms with E-state index in [-0.39, 0.29) is 24.0 Å². The third-order valence-electron chi connectivity index (χ3n) is 3.42. The van der Waals surface area contributed by atoms with E-state index in [0.29, 0.717) is 30.9 Å². The van der Waals surface area contributed by atoms with Gasteiger partial charge in [0.2, 0.25) is 0 Å². The highest BCUT2D eigenvalue weighted by atomic mass is 127. The molecule has 2 heterocycles. The fraction of sp³-hybridized carbons (Fsp3) is 0.562. The SMILES string of the molecule is CN=C(NCc1cc(C(C)C)no1)NCc1cc(C(C)C)no1.I. The van der Waals surface area contributed by atoms with Crippen LogP contribution in [0.1, 0.15) is 62.4 Å². The summed E-state index contributed by atoms with van der Waals surface area (Å²) in [6, 6.07) is 3.91. The van der Waals surface area contributed by atoms with Gasteiger partial charge in [0.1, 0.15) is 0 Å². The van der Waals surface area contributed by atoms with Crippen molar-refractivity contribution in [1.82, 2.24) is 20.9 Å². The van der Waals surface area contributed by atoms with Gasteiger partial charge in [0, 0.05) is 19.2 Å². The number of guanidine groups is 1. The molecule has 0 aliphatic heterocycles. The lowest BCUT2D eigenvalue weighted by atomic mass is 10.1. The quantitative estimate of drug-likeness (QED) is 0.401. The van der Waals surface area contributed by atoms with E-state index in [1.807, 2.05) is 12.1 Å². The first-order valence-electron chi connectivity index (χ1n) is 7.85. The predicted molar refractivity (Wildman–Crippen MR) is 104 cm³/mol. The van der Waals surface area contributed by atoms with Crippen LogP contribution < -0.4 is 10.6 Å². The first-order valence-corrected chi connectivity index (χ1v) is 7.85.